The summed E-state index contributed by atoms with van der Waals surface area (Å²) in [4.78, 5) is 30.4. The lowest BCUT2D eigenvalue weighted by Gasteiger charge is -2.08. The first-order valence-corrected chi connectivity index (χ1v) is 9.46. The van der Waals surface area contributed by atoms with Gasteiger partial charge in [0, 0.05) is 16.5 Å². The Hall–Kier alpha value is -4.06. The quantitative estimate of drug-likeness (QED) is 0.324. The van der Waals surface area contributed by atoms with E-state index in [9.17, 15) is 14.8 Å². The van der Waals surface area contributed by atoms with Crippen LogP contribution in [-0.2, 0) is 6.54 Å². The van der Waals surface area contributed by atoms with Crippen molar-refractivity contribution in [3.8, 4) is 11.3 Å². The minimum Gasteiger partial charge on any atom is -0.409 e. The second-order valence-electron chi connectivity index (χ2n) is 6.95. The number of fused-ring (bicyclic) bond motifs is 1. The number of aryl methyl sites for hydroxylation is 1. The maximum atomic E-state index is 13.1. The molecule has 4 aromatic rings. The van der Waals surface area contributed by atoms with Crippen molar-refractivity contribution in [2.24, 2.45) is 5.16 Å². The molecule has 0 aliphatic carbocycles. The summed E-state index contributed by atoms with van der Waals surface area (Å²) in [7, 11) is 0. The van der Waals surface area contributed by atoms with Gasteiger partial charge in [-0.1, -0.05) is 83.5 Å². The number of carbonyl (C=O) groups excluding carboxylic acids is 1. The zero-order valence-corrected chi connectivity index (χ0v) is 16.3. The first-order valence-electron chi connectivity index (χ1n) is 9.46. The Labute approximate surface area is 172 Å². The minimum absolute atomic E-state index is 0.199. The third-order valence-corrected chi connectivity index (χ3v) is 4.92. The Balaban J connectivity index is 1.99. The second kappa shape index (κ2) is 8.13. The van der Waals surface area contributed by atoms with Gasteiger partial charge in [-0.2, -0.15) is 0 Å². The van der Waals surface area contributed by atoms with Crippen LogP contribution in [0, 0.1) is 6.92 Å². The molecular formula is C24H19N3O3. The Morgan fingerprint density at radius 2 is 1.63 bits per heavy atom. The summed E-state index contributed by atoms with van der Waals surface area (Å²) in [6, 6.07) is 23.7. The summed E-state index contributed by atoms with van der Waals surface area (Å²) >= 11 is 0. The van der Waals surface area contributed by atoms with Gasteiger partial charge >= 0.3 is 0 Å². The lowest BCUT2D eigenvalue weighted by atomic mass is 10.1. The molecule has 0 aliphatic rings. The molecule has 0 unspecified atom stereocenters. The fourth-order valence-electron chi connectivity index (χ4n) is 3.37. The third-order valence-electron chi connectivity index (χ3n) is 4.92. The summed E-state index contributed by atoms with van der Waals surface area (Å²) in [6.07, 6.45) is 0. The smallest absolute Gasteiger partial charge is 0.299 e. The zero-order valence-electron chi connectivity index (χ0n) is 16.3. The Morgan fingerprint density at radius 3 is 2.33 bits per heavy atom. The molecule has 0 atom stereocenters. The average Bonchev–Trinajstić information content (AvgIpc) is 2.90. The normalized spacial score (nSPS) is 11.6. The van der Waals surface area contributed by atoms with Gasteiger partial charge in [-0.15, -0.1) is 0 Å². The van der Waals surface area contributed by atoms with Crippen molar-refractivity contribution in [3.05, 3.63) is 106 Å². The van der Waals surface area contributed by atoms with Crippen molar-refractivity contribution in [1.29, 1.82) is 0 Å². The van der Waals surface area contributed by atoms with Gasteiger partial charge in [0.1, 0.15) is 0 Å². The van der Waals surface area contributed by atoms with E-state index in [1.165, 1.54) is 4.57 Å². The molecule has 0 saturated heterocycles. The highest BCUT2D eigenvalue weighted by Gasteiger charge is 2.15. The fraction of sp³-hybridized carbons (Fsp3) is 0.0833. The standard InChI is InChI=1S/C24H19N3O3/c1-16-11-13-17(14-12-16)21(28)15-27-20-10-6-5-9-19(20)22(18-7-3-2-4-8-18)25-23(26-30)24(27)29/h2-14,30H,15H2,1H3. The molecule has 4 rings (SSSR count). The second-order valence-corrected chi connectivity index (χ2v) is 6.95. The summed E-state index contributed by atoms with van der Waals surface area (Å²) in [5.41, 5.74) is 2.32. The topological polar surface area (TPSA) is 84.5 Å². The first kappa shape index (κ1) is 19.3. The maximum absolute atomic E-state index is 13.1. The van der Waals surface area contributed by atoms with E-state index >= 15 is 0 Å². The Morgan fingerprint density at radius 1 is 0.967 bits per heavy atom. The van der Waals surface area contributed by atoms with Gasteiger partial charge < -0.3 is 5.21 Å². The molecule has 0 bridgehead atoms. The number of benzene rings is 3. The van der Waals surface area contributed by atoms with Crippen molar-refractivity contribution >= 4 is 16.7 Å². The van der Waals surface area contributed by atoms with Gasteiger partial charge in [-0.05, 0) is 13.0 Å². The molecule has 0 spiro atoms. The number of carbonyl (C=O) groups is 1. The van der Waals surface area contributed by atoms with Crippen LogP contribution in [-0.4, -0.2) is 20.5 Å². The summed E-state index contributed by atoms with van der Waals surface area (Å²) in [5, 5.41) is 13.3. The van der Waals surface area contributed by atoms with Crippen molar-refractivity contribution in [1.82, 2.24) is 9.55 Å². The van der Waals surface area contributed by atoms with E-state index in [1.54, 1.807) is 24.3 Å². The molecule has 0 aliphatic heterocycles. The monoisotopic (exact) mass is 397 g/mol. The van der Waals surface area contributed by atoms with Crippen LogP contribution in [0.25, 0.3) is 22.2 Å². The molecule has 1 N–H and O–H groups in total. The van der Waals surface area contributed by atoms with Crippen LogP contribution in [0.15, 0.2) is 88.8 Å². The minimum atomic E-state index is -0.642. The summed E-state index contributed by atoms with van der Waals surface area (Å²) in [5.74, 6) is -0.224. The van der Waals surface area contributed by atoms with E-state index in [-0.39, 0.29) is 17.8 Å². The molecule has 6 heteroatoms. The number of para-hydroxylation sites is 1. The summed E-state index contributed by atoms with van der Waals surface area (Å²) < 4.78 is 1.31. The van der Waals surface area contributed by atoms with Gasteiger partial charge in [0.25, 0.3) is 11.0 Å². The molecule has 1 aromatic heterocycles. The highest BCUT2D eigenvalue weighted by atomic mass is 16.4. The van der Waals surface area contributed by atoms with Crippen molar-refractivity contribution < 1.29 is 10.0 Å². The highest BCUT2D eigenvalue weighted by molar-refractivity contribution is 5.97. The van der Waals surface area contributed by atoms with Crippen LogP contribution in [0.2, 0.25) is 0 Å². The molecule has 3 aromatic carbocycles. The Bertz CT molecular complexity index is 1360. The van der Waals surface area contributed by atoms with Gasteiger partial charge in [0.15, 0.2) is 5.78 Å². The van der Waals surface area contributed by atoms with Crippen LogP contribution in [0.3, 0.4) is 0 Å². The number of rotatable bonds is 4. The van der Waals surface area contributed by atoms with E-state index in [0.717, 1.165) is 11.1 Å². The SMILES string of the molecule is Cc1ccc(C(=O)Cn2c(=O)c(=NO)nc(-c3ccccc3)c3ccccc32)cc1. The van der Waals surface area contributed by atoms with Gasteiger partial charge in [0.05, 0.1) is 17.8 Å². The lowest BCUT2D eigenvalue weighted by molar-refractivity contribution is 0.0972. The predicted molar refractivity (Wildman–Crippen MR) is 114 cm³/mol. The highest BCUT2D eigenvalue weighted by Crippen LogP contribution is 2.24. The number of Topliss-reactive ketones (excluding diaryl/α,β-unsaturated/α-hetero) is 1. The lowest BCUT2D eigenvalue weighted by Crippen LogP contribution is -2.36. The molecule has 0 fully saturated rings. The van der Waals surface area contributed by atoms with Crippen LogP contribution in [0.5, 0.6) is 0 Å². The van der Waals surface area contributed by atoms with Crippen molar-refractivity contribution in [3.63, 3.8) is 0 Å². The van der Waals surface area contributed by atoms with Crippen LogP contribution in [0.4, 0.5) is 0 Å². The third kappa shape index (κ3) is 3.63. The summed E-state index contributed by atoms with van der Waals surface area (Å²) in [6.45, 7) is 1.74. The fourth-order valence-corrected chi connectivity index (χ4v) is 3.37. The number of ketones is 1. The number of hydrogen-bond donors (Lipinski definition) is 1. The molecule has 0 radical (unpaired) electrons. The number of hydrogen-bond acceptors (Lipinski definition) is 5. The number of aromatic nitrogens is 2. The average molecular weight is 397 g/mol. The van der Waals surface area contributed by atoms with Gasteiger partial charge in [-0.3, -0.25) is 14.2 Å². The molecule has 1 heterocycles. The Kier molecular flexibility index (Phi) is 5.22. The van der Waals surface area contributed by atoms with E-state index in [4.69, 9.17) is 0 Å². The van der Waals surface area contributed by atoms with Crippen molar-refractivity contribution in [2.45, 2.75) is 13.5 Å². The zero-order chi connectivity index (χ0) is 21.1. The van der Waals surface area contributed by atoms with Crippen LogP contribution in [0.1, 0.15) is 15.9 Å². The molecule has 0 saturated carbocycles. The molecule has 30 heavy (non-hydrogen) atoms. The van der Waals surface area contributed by atoms with E-state index < -0.39 is 5.56 Å². The molecule has 0 amide bonds. The molecular weight excluding hydrogens is 378 g/mol. The van der Waals surface area contributed by atoms with Gasteiger partial charge in [-0.25, -0.2) is 4.98 Å². The maximum Gasteiger partial charge on any atom is 0.299 e. The number of nitrogens with zero attached hydrogens (tertiary/aromatic N) is 3. The van der Waals surface area contributed by atoms with Gasteiger partial charge in [0.2, 0.25) is 0 Å². The van der Waals surface area contributed by atoms with E-state index in [2.05, 4.69) is 10.1 Å². The predicted octanol–water partition coefficient (Wildman–Crippen LogP) is 3.54. The molecule has 148 valence electrons. The first-order chi connectivity index (χ1) is 14.6. The van der Waals surface area contributed by atoms with Crippen LogP contribution >= 0.6 is 0 Å². The van der Waals surface area contributed by atoms with E-state index in [0.29, 0.717) is 22.2 Å². The largest absolute Gasteiger partial charge is 0.409 e. The van der Waals surface area contributed by atoms with Crippen LogP contribution < -0.4 is 11.0 Å². The van der Waals surface area contributed by atoms with E-state index in [1.807, 2.05) is 61.5 Å². The van der Waals surface area contributed by atoms with Crippen molar-refractivity contribution in [2.75, 3.05) is 0 Å². The molecule has 6 nitrogen and oxygen atoms in total.